The molecule has 2 heterocycles. The molecule has 8 heteroatoms. The van der Waals surface area contributed by atoms with Crippen LogP contribution in [0, 0.1) is 5.82 Å². The third-order valence-electron chi connectivity index (χ3n) is 5.77. The second-order valence-corrected chi connectivity index (χ2v) is 9.75. The van der Waals surface area contributed by atoms with Crippen molar-refractivity contribution in [2.24, 2.45) is 0 Å². The fourth-order valence-corrected chi connectivity index (χ4v) is 3.36. The molecule has 1 amide bonds. The van der Waals surface area contributed by atoms with Crippen molar-refractivity contribution in [2.45, 2.75) is 65.3 Å². The highest BCUT2D eigenvalue weighted by Gasteiger charge is 2.51. The Bertz CT molecular complexity index is 754. The van der Waals surface area contributed by atoms with Crippen molar-refractivity contribution in [3.05, 3.63) is 24.0 Å². The van der Waals surface area contributed by atoms with Crippen molar-refractivity contribution < 1.29 is 23.2 Å². The zero-order chi connectivity index (χ0) is 21.6. The molecule has 0 bridgehead atoms. The Kier molecular flexibility index (Phi) is 5.64. The maximum absolute atomic E-state index is 14.9. The smallest absolute Gasteiger partial charge is 0.444 e. The number of ether oxygens (including phenoxy) is 1. The maximum Gasteiger partial charge on any atom is 0.494 e. The van der Waals surface area contributed by atoms with Crippen molar-refractivity contribution >= 4 is 24.4 Å². The SMILES string of the molecule is CC(C)(C)OC(=O)N1CCN(c2ccc(B3OC(C)(C)C(C)(C)O3)cc2F)CC1. The predicted molar refractivity (Wildman–Crippen MR) is 112 cm³/mol. The van der Waals surface area contributed by atoms with Gasteiger partial charge in [0.25, 0.3) is 0 Å². The quantitative estimate of drug-likeness (QED) is 0.707. The number of benzene rings is 1. The maximum atomic E-state index is 14.9. The van der Waals surface area contributed by atoms with Crippen LogP contribution in [0.2, 0.25) is 0 Å². The second-order valence-electron chi connectivity index (χ2n) is 9.75. The number of anilines is 1. The summed E-state index contributed by atoms with van der Waals surface area (Å²) in [6.07, 6.45) is -0.325. The van der Waals surface area contributed by atoms with Crippen LogP contribution in [0.3, 0.4) is 0 Å². The van der Waals surface area contributed by atoms with Gasteiger partial charge in [-0.2, -0.15) is 0 Å². The van der Waals surface area contributed by atoms with Crippen LogP contribution >= 0.6 is 0 Å². The van der Waals surface area contributed by atoms with Crippen LogP contribution in [0.15, 0.2) is 18.2 Å². The van der Waals surface area contributed by atoms with Gasteiger partial charge in [0.1, 0.15) is 11.4 Å². The lowest BCUT2D eigenvalue weighted by atomic mass is 9.79. The van der Waals surface area contributed by atoms with Crippen molar-refractivity contribution in [3.8, 4) is 0 Å². The van der Waals surface area contributed by atoms with Gasteiger partial charge in [0, 0.05) is 26.2 Å². The predicted octanol–water partition coefficient (Wildman–Crippen LogP) is 3.18. The Morgan fingerprint density at radius 2 is 1.62 bits per heavy atom. The van der Waals surface area contributed by atoms with Crippen LogP contribution in [-0.4, -0.2) is 61.1 Å². The number of carbonyl (C=O) groups is 1. The van der Waals surface area contributed by atoms with E-state index in [1.807, 2.05) is 59.4 Å². The molecule has 1 aromatic rings. The van der Waals surface area contributed by atoms with Crippen LogP contribution in [0.1, 0.15) is 48.5 Å². The summed E-state index contributed by atoms with van der Waals surface area (Å²) in [6.45, 7) is 15.5. The van der Waals surface area contributed by atoms with Gasteiger partial charge in [-0.3, -0.25) is 0 Å². The molecule has 2 saturated heterocycles. The van der Waals surface area contributed by atoms with Gasteiger partial charge in [0.15, 0.2) is 0 Å². The minimum Gasteiger partial charge on any atom is -0.444 e. The molecule has 0 atom stereocenters. The minimum absolute atomic E-state index is 0.317. The summed E-state index contributed by atoms with van der Waals surface area (Å²) in [7, 11) is -0.590. The molecule has 0 N–H and O–H groups in total. The number of piperazine rings is 1. The molecule has 0 saturated carbocycles. The van der Waals surface area contributed by atoms with E-state index in [1.165, 1.54) is 6.07 Å². The highest BCUT2D eigenvalue weighted by atomic mass is 19.1. The van der Waals surface area contributed by atoms with E-state index in [-0.39, 0.29) is 11.9 Å². The number of rotatable bonds is 2. The van der Waals surface area contributed by atoms with Crippen LogP contribution in [0.4, 0.5) is 14.9 Å². The lowest BCUT2D eigenvalue weighted by Crippen LogP contribution is -2.50. The number of hydrogen-bond donors (Lipinski definition) is 0. The summed E-state index contributed by atoms with van der Waals surface area (Å²) in [4.78, 5) is 15.8. The van der Waals surface area contributed by atoms with E-state index in [4.69, 9.17) is 14.0 Å². The molecule has 6 nitrogen and oxygen atoms in total. The summed E-state index contributed by atoms with van der Waals surface area (Å²) in [5.74, 6) is -0.317. The average Bonchev–Trinajstić information content (AvgIpc) is 2.81. The first-order valence-corrected chi connectivity index (χ1v) is 10.2. The van der Waals surface area contributed by atoms with Crippen LogP contribution in [0.5, 0.6) is 0 Å². The number of hydrogen-bond acceptors (Lipinski definition) is 5. The highest BCUT2D eigenvalue weighted by molar-refractivity contribution is 6.62. The zero-order valence-corrected chi connectivity index (χ0v) is 18.5. The Morgan fingerprint density at radius 3 is 2.10 bits per heavy atom. The van der Waals surface area contributed by atoms with Gasteiger partial charge in [0.05, 0.1) is 16.9 Å². The first kappa shape index (κ1) is 21.9. The lowest BCUT2D eigenvalue weighted by molar-refractivity contribution is 0.00578. The van der Waals surface area contributed by atoms with E-state index in [0.717, 1.165) is 0 Å². The van der Waals surface area contributed by atoms with Gasteiger partial charge in [-0.05, 0) is 66.1 Å². The molecule has 2 aliphatic rings. The van der Waals surface area contributed by atoms with E-state index in [9.17, 15) is 9.18 Å². The fraction of sp³-hybridized carbons (Fsp3) is 0.667. The largest absolute Gasteiger partial charge is 0.494 e. The normalized spacial score (nSPS) is 21.4. The zero-order valence-electron chi connectivity index (χ0n) is 18.5. The van der Waals surface area contributed by atoms with Crippen molar-refractivity contribution in [2.75, 3.05) is 31.1 Å². The average molecular weight is 406 g/mol. The van der Waals surface area contributed by atoms with Gasteiger partial charge in [-0.15, -0.1) is 0 Å². The highest BCUT2D eigenvalue weighted by Crippen LogP contribution is 2.36. The summed E-state index contributed by atoms with van der Waals surface area (Å²) >= 11 is 0. The fourth-order valence-electron chi connectivity index (χ4n) is 3.36. The molecule has 0 radical (unpaired) electrons. The molecular weight excluding hydrogens is 374 g/mol. The molecular formula is C21H32BFN2O4. The molecule has 0 unspecified atom stereocenters. The first-order chi connectivity index (χ1) is 13.3. The van der Waals surface area contributed by atoms with E-state index >= 15 is 0 Å². The molecule has 3 rings (SSSR count). The monoisotopic (exact) mass is 406 g/mol. The molecule has 2 aliphatic heterocycles. The van der Waals surface area contributed by atoms with Gasteiger partial charge in [0.2, 0.25) is 0 Å². The Labute approximate surface area is 173 Å². The van der Waals surface area contributed by atoms with E-state index in [2.05, 4.69) is 0 Å². The summed E-state index contributed by atoms with van der Waals surface area (Å²) < 4.78 is 32.3. The lowest BCUT2D eigenvalue weighted by Gasteiger charge is -2.36. The molecule has 29 heavy (non-hydrogen) atoms. The number of amides is 1. The van der Waals surface area contributed by atoms with E-state index in [1.54, 1.807) is 11.0 Å². The molecule has 0 aromatic heterocycles. The van der Waals surface area contributed by atoms with Gasteiger partial charge in [-0.1, -0.05) is 6.07 Å². The molecule has 0 spiro atoms. The number of carbonyl (C=O) groups excluding carboxylic acids is 1. The van der Waals surface area contributed by atoms with Crippen LogP contribution in [-0.2, 0) is 14.0 Å². The number of halogens is 1. The van der Waals surface area contributed by atoms with Gasteiger partial charge >= 0.3 is 13.2 Å². The number of nitrogens with zero attached hydrogens (tertiary/aromatic N) is 2. The standard InChI is InChI=1S/C21H32BFN2O4/c1-19(2,3)27-18(26)25-12-10-24(11-13-25)17-9-8-15(14-16(17)23)22-28-20(4,5)21(6,7)29-22/h8-9,14H,10-13H2,1-7H3. The first-order valence-electron chi connectivity index (χ1n) is 10.2. The second kappa shape index (κ2) is 7.47. The molecule has 160 valence electrons. The third kappa shape index (κ3) is 4.69. The van der Waals surface area contributed by atoms with Crippen LogP contribution < -0.4 is 10.4 Å². The molecule has 2 fully saturated rings. The molecule has 1 aromatic carbocycles. The molecule has 0 aliphatic carbocycles. The van der Waals surface area contributed by atoms with Gasteiger partial charge in [-0.25, -0.2) is 9.18 Å². The Balaban J connectivity index is 1.64. The third-order valence-corrected chi connectivity index (χ3v) is 5.77. The Hall–Kier alpha value is -1.80. The summed E-state index contributed by atoms with van der Waals surface area (Å²) in [5.41, 5.74) is -0.273. The van der Waals surface area contributed by atoms with E-state index in [0.29, 0.717) is 37.3 Å². The minimum atomic E-state index is -0.590. The summed E-state index contributed by atoms with van der Waals surface area (Å²) in [5, 5.41) is 0. The van der Waals surface area contributed by atoms with Crippen molar-refractivity contribution in [1.29, 1.82) is 0 Å². The van der Waals surface area contributed by atoms with E-state index < -0.39 is 23.9 Å². The van der Waals surface area contributed by atoms with Gasteiger partial charge < -0.3 is 23.8 Å². The van der Waals surface area contributed by atoms with Crippen molar-refractivity contribution in [3.63, 3.8) is 0 Å². The Morgan fingerprint density at radius 1 is 1.07 bits per heavy atom. The summed E-state index contributed by atoms with van der Waals surface area (Å²) in [6, 6.07) is 5.09. The van der Waals surface area contributed by atoms with Crippen molar-refractivity contribution in [1.82, 2.24) is 4.90 Å². The van der Waals surface area contributed by atoms with Crippen LogP contribution in [0.25, 0.3) is 0 Å². The topological polar surface area (TPSA) is 51.2 Å².